The Balaban J connectivity index is 2.93. The summed E-state index contributed by atoms with van der Waals surface area (Å²) in [6, 6.07) is -1.84. The molecule has 2 amide bonds. The third-order valence-electron chi connectivity index (χ3n) is 4.48. The second-order valence-corrected chi connectivity index (χ2v) is 9.17. The first-order valence-corrected chi connectivity index (χ1v) is 9.34. The first kappa shape index (κ1) is 22.3. The number of aliphatic carboxylic acids is 1. The SMILES string of the molecule is CC(C)(C)OC(=O)N[C@H](C(=O)N[C@H](C(=O)O)C(C)(C)C)C1CCCCC1. The Morgan fingerprint density at radius 2 is 1.50 bits per heavy atom. The molecular formula is C19H34N2O5. The second kappa shape index (κ2) is 8.73. The minimum Gasteiger partial charge on any atom is -0.480 e. The van der Waals surface area contributed by atoms with Gasteiger partial charge in [-0.3, -0.25) is 4.79 Å². The van der Waals surface area contributed by atoms with Gasteiger partial charge >= 0.3 is 12.1 Å². The fraction of sp³-hybridized carbons (Fsp3) is 0.842. The lowest BCUT2D eigenvalue weighted by molar-refractivity contribution is -0.145. The van der Waals surface area contributed by atoms with Crippen molar-refractivity contribution in [1.29, 1.82) is 0 Å². The van der Waals surface area contributed by atoms with Gasteiger partial charge in [-0.2, -0.15) is 0 Å². The highest BCUT2D eigenvalue weighted by molar-refractivity contribution is 5.89. The van der Waals surface area contributed by atoms with Gasteiger partial charge in [0, 0.05) is 0 Å². The lowest BCUT2D eigenvalue weighted by atomic mass is 9.82. The number of carbonyl (C=O) groups excluding carboxylic acids is 2. The zero-order valence-corrected chi connectivity index (χ0v) is 16.8. The Kier molecular flexibility index (Phi) is 7.47. The van der Waals surface area contributed by atoms with Crippen LogP contribution in [-0.4, -0.2) is 40.8 Å². The van der Waals surface area contributed by atoms with Gasteiger partial charge in [0.2, 0.25) is 5.91 Å². The molecule has 1 rings (SSSR count). The molecule has 1 aliphatic carbocycles. The zero-order valence-electron chi connectivity index (χ0n) is 16.8. The number of hydrogen-bond acceptors (Lipinski definition) is 4. The molecule has 7 nitrogen and oxygen atoms in total. The first-order valence-electron chi connectivity index (χ1n) is 9.34. The van der Waals surface area contributed by atoms with Crippen molar-refractivity contribution in [2.45, 2.75) is 91.3 Å². The van der Waals surface area contributed by atoms with Crippen LogP contribution in [0.4, 0.5) is 4.79 Å². The third kappa shape index (κ3) is 7.22. The van der Waals surface area contributed by atoms with Crippen LogP contribution in [0.1, 0.15) is 73.6 Å². The van der Waals surface area contributed by atoms with Crippen molar-refractivity contribution in [3.05, 3.63) is 0 Å². The molecule has 1 fully saturated rings. The zero-order chi connectivity index (χ0) is 20.1. The summed E-state index contributed by atoms with van der Waals surface area (Å²) < 4.78 is 5.28. The predicted molar refractivity (Wildman–Crippen MR) is 98.8 cm³/mol. The highest BCUT2D eigenvalue weighted by Crippen LogP contribution is 2.28. The molecule has 1 aliphatic rings. The molecule has 0 saturated heterocycles. The highest BCUT2D eigenvalue weighted by atomic mass is 16.6. The summed E-state index contributed by atoms with van der Waals surface area (Å²) in [5.41, 5.74) is -1.32. The van der Waals surface area contributed by atoms with Gasteiger partial charge in [-0.15, -0.1) is 0 Å². The van der Waals surface area contributed by atoms with Crippen LogP contribution < -0.4 is 10.6 Å². The van der Waals surface area contributed by atoms with Gasteiger partial charge in [0.15, 0.2) is 0 Å². The van der Waals surface area contributed by atoms with E-state index in [4.69, 9.17) is 4.74 Å². The number of carbonyl (C=O) groups is 3. The fourth-order valence-electron chi connectivity index (χ4n) is 3.18. The maximum atomic E-state index is 12.9. The number of amides is 2. The Morgan fingerprint density at radius 3 is 1.92 bits per heavy atom. The van der Waals surface area contributed by atoms with Crippen LogP contribution in [0.25, 0.3) is 0 Å². The molecule has 0 aromatic rings. The molecule has 0 spiro atoms. The molecule has 0 radical (unpaired) electrons. The highest BCUT2D eigenvalue weighted by Gasteiger charge is 2.38. The van der Waals surface area contributed by atoms with Gasteiger partial charge in [0.05, 0.1) is 0 Å². The van der Waals surface area contributed by atoms with Crippen molar-refractivity contribution in [2.75, 3.05) is 0 Å². The van der Waals surface area contributed by atoms with Crippen molar-refractivity contribution in [3.63, 3.8) is 0 Å². The molecule has 0 bridgehead atoms. The van der Waals surface area contributed by atoms with Crippen molar-refractivity contribution >= 4 is 18.0 Å². The standard InChI is InChI=1S/C19H34N2O5/c1-18(2,3)14(16(23)24)21-15(22)13(12-10-8-7-9-11-12)20-17(25)26-19(4,5)6/h12-14H,7-11H2,1-6H3,(H,20,25)(H,21,22)(H,23,24)/t13-,14+/m0/s1. The number of carboxylic acids is 1. The molecule has 0 aromatic carbocycles. The van der Waals surface area contributed by atoms with Gasteiger partial charge in [0.1, 0.15) is 17.7 Å². The number of carboxylic acid groups (broad SMARTS) is 1. The minimum absolute atomic E-state index is 0.0225. The average Bonchev–Trinajstić information content (AvgIpc) is 2.47. The number of rotatable bonds is 5. The summed E-state index contributed by atoms with van der Waals surface area (Å²) in [6.07, 6.45) is 4.07. The van der Waals surface area contributed by atoms with E-state index in [9.17, 15) is 19.5 Å². The molecule has 1 saturated carbocycles. The molecule has 0 aliphatic heterocycles. The number of ether oxygens (including phenoxy) is 1. The van der Waals surface area contributed by atoms with E-state index in [0.717, 1.165) is 32.1 Å². The minimum atomic E-state index is -1.09. The van der Waals surface area contributed by atoms with Crippen LogP contribution in [0.15, 0.2) is 0 Å². The van der Waals surface area contributed by atoms with Crippen molar-refractivity contribution in [2.24, 2.45) is 11.3 Å². The summed E-state index contributed by atoms with van der Waals surface area (Å²) in [4.78, 5) is 36.6. The van der Waals surface area contributed by atoms with Crippen molar-refractivity contribution in [1.82, 2.24) is 10.6 Å². The van der Waals surface area contributed by atoms with E-state index in [2.05, 4.69) is 10.6 Å². The van der Waals surface area contributed by atoms with E-state index < -0.39 is 41.1 Å². The van der Waals surface area contributed by atoms with E-state index in [1.54, 1.807) is 41.5 Å². The summed E-state index contributed by atoms with van der Waals surface area (Å²) >= 11 is 0. The normalized spacial score (nSPS) is 18.5. The molecular weight excluding hydrogens is 336 g/mol. The molecule has 0 unspecified atom stereocenters. The molecule has 26 heavy (non-hydrogen) atoms. The van der Waals surface area contributed by atoms with Gasteiger partial charge < -0.3 is 20.5 Å². The quantitative estimate of drug-likeness (QED) is 0.690. The van der Waals surface area contributed by atoms with E-state index >= 15 is 0 Å². The first-order chi connectivity index (χ1) is 11.8. The number of hydrogen-bond donors (Lipinski definition) is 3. The van der Waals surface area contributed by atoms with Crippen LogP contribution in [0.2, 0.25) is 0 Å². The largest absolute Gasteiger partial charge is 0.480 e. The van der Waals surface area contributed by atoms with E-state index in [0.29, 0.717) is 0 Å². The number of alkyl carbamates (subject to hydrolysis) is 1. The monoisotopic (exact) mass is 370 g/mol. The van der Waals surface area contributed by atoms with E-state index in [1.807, 2.05) is 0 Å². The Morgan fingerprint density at radius 1 is 0.962 bits per heavy atom. The Labute approximate surface area is 156 Å². The van der Waals surface area contributed by atoms with Gasteiger partial charge in [-0.05, 0) is 44.9 Å². The summed E-state index contributed by atoms with van der Waals surface area (Å²) in [5.74, 6) is -1.58. The summed E-state index contributed by atoms with van der Waals surface area (Å²) in [6.45, 7) is 10.5. The predicted octanol–water partition coefficient (Wildman–Crippen LogP) is 3.08. The molecule has 2 atom stereocenters. The van der Waals surface area contributed by atoms with E-state index in [1.165, 1.54) is 0 Å². The molecule has 0 heterocycles. The average molecular weight is 370 g/mol. The molecule has 7 heteroatoms. The maximum Gasteiger partial charge on any atom is 0.408 e. The van der Waals surface area contributed by atoms with Gasteiger partial charge in [-0.1, -0.05) is 40.0 Å². The summed E-state index contributed by atoms with van der Waals surface area (Å²) in [5, 5.41) is 14.7. The Hall–Kier alpha value is -1.79. The van der Waals surface area contributed by atoms with Crippen LogP contribution in [0.3, 0.4) is 0 Å². The molecule has 3 N–H and O–H groups in total. The van der Waals surface area contributed by atoms with Crippen molar-refractivity contribution < 1.29 is 24.2 Å². The lowest BCUT2D eigenvalue weighted by Crippen LogP contribution is -2.58. The van der Waals surface area contributed by atoms with Crippen molar-refractivity contribution in [3.8, 4) is 0 Å². The lowest BCUT2D eigenvalue weighted by Gasteiger charge is -2.34. The van der Waals surface area contributed by atoms with Crippen LogP contribution in [-0.2, 0) is 14.3 Å². The van der Waals surface area contributed by atoms with Gasteiger partial charge in [-0.25, -0.2) is 9.59 Å². The van der Waals surface area contributed by atoms with Crippen LogP contribution in [0.5, 0.6) is 0 Å². The number of nitrogens with one attached hydrogen (secondary N) is 2. The van der Waals surface area contributed by atoms with Crippen LogP contribution in [0, 0.1) is 11.3 Å². The van der Waals surface area contributed by atoms with Crippen LogP contribution >= 0.6 is 0 Å². The second-order valence-electron chi connectivity index (χ2n) is 9.17. The maximum absolute atomic E-state index is 12.9. The fourth-order valence-corrected chi connectivity index (χ4v) is 3.18. The van der Waals surface area contributed by atoms with Gasteiger partial charge in [0.25, 0.3) is 0 Å². The third-order valence-corrected chi connectivity index (χ3v) is 4.48. The summed E-state index contributed by atoms with van der Waals surface area (Å²) in [7, 11) is 0. The molecule has 150 valence electrons. The topological polar surface area (TPSA) is 105 Å². The Bertz CT molecular complexity index is 513. The molecule has 0 aromatic heterocycles. The smallest absolute Gasteiger partial charge is 0.408 e. The van der Waals surface area contributed by atoms with E-state index in [-0.39, 0.29) is 5.92 Å².